The minimum Gasteiger partial charge on any atom is -0.478 e. The zero-order chi connectivity index (χ0) is 13.1. The zero-order valence-electron chi connectivity index (χ0n) is 9.71. The number of benzene rings is 1. The molecule has 1 heterocycles. The quantitative estimate of drug-likeness (QED) is 0.872. The van der Waals surface area contributed by atoms with E-state index in [1.165, 1.54) is 6.20 Å². The topological polar surface area (TPSA) is 74.0 Å². The van der Waals surface area contributed by atoms with E-state index in [0.29, 0.717) is 16.8 Å². The Bertz CT molecular complexity index is 643. The maximum absolute atomic E-state index is 11.3. The van der Waals surface area contributed by atoms with E-state index in [2.05, 4.69) is 4.98 Å². The molecule has 88 valence electrons. The summed E-state index contributed by atoms with van der Waals surface area (Å²) in [6.07, 6.45) is 1.41. The van der Waals surface area contributed by atoms with E-state index in [9.17, 15) is 9.90 Å². The fourth-order valence-electron chi connectivity index (χ4n) is 1.86. The van der Waals surface area contributed by atoms with Crippen molar-refractivity contribution in [2.24, 2.45) is 0 Å². The molecule has 1 aromatic carbocycles. The van der Waals surface area contributed by atoms with Crippen molar-refractivity contribution < 1.29 is 9.90 Å². The molecule has 0 bridgehead atoms. The van der Waals surface area contributed by atoms with E-state index in [0.717, 1.165) is 0 Å². The Morgan fingerprint density at radius 3 is 2.56 bits per heavy atom. The fourth-order valence-corrected chi connectivity index (χ4v) is 1.86. The van der Waals surface area contributed by atoms with Gasteiger partial charge in [-0.25, -0.2) is 4.79 Å². The van der Waals surface area contributed by atoms with Crippen LogP contribution in [0.25, 0.3) is 11.1 Å². The van der Waals surface area contributed by atoms with Gasteiger partial charge in [-0.2, -0.15) is 5.26 Å². The van der Waals surface area contributed by atoms with Gasteiger partial charge in [-0.3, -0.25) is 4.98 Å². The molecular weight excluding hydrogens is 228 g/mol. The van der Waals surface area contributed by atoms with Gasteiger partial charge in [0.15, 0.2) is 0 Å². The Morgan fingerprint density at radius 1 is 1.33 bits per heavy atom. The molecule has 1 aromatic heterocycles. The standard InChI is InChI=1S/C14H10N2O2/c1-9-12(14(17)18)13(11(7-15)8-16-9)10-5-3-2-4-6-10/h2-6,8H,1H3,(H,17,18). The Hall–Kier alpha value is -2.67. The van der Waals surface area contributed by atoms with Crippen molar-refractivity contribution in [1.29, 1.82) is 5.26 Å². The van der Waals surface area contributed by atoms with Gasteiger partial charge in [0, 0.05) is 11.8 Å². The molecule has 1 N–H and O–H groups in total. The molecule has 0 spiro atoms. The molecule has 18 heavy (non-hydrogen) atoms. The van der Waals surface area contributed by atoms with Crippen molar-refractivity contribution >= 4 is 5.97 Å². The summed E-state index contributed by atoms with van der Waals surface area (Å²) < 4.78 is 0. The van der Waals surface area contributed by atoms with E-state index in [1.54, 1.807) is 31.2 Å². The Kier molecular flexibility index (Phi) is 3.07. The van der Waals surface area contributed by atoms with Gasteiger partial charge in [0.25, 0.3) is 0 Å². The van der Waals surface area contributed by atoms with Crippen LogP contribution in [0.15, 0.2) is 36.5 Å². The highest BCUT2D eigenvalue weighted by Gasteiger charge is 2.19. The van der Waals surface area contributed by atoms with Gasteiger partial charge in [0.05, 0.1) is 16.8 Å². The van der Waals surface area contributed by atoms with Crippen molar-refractivity contribution in [3.8, 4) is 17.2 Å². The number of carboxylic acid groups (broad SMARTS) is 1. The molecule has 0 saturated heterocycles. The third-order valence-electron chi connectivity index (χ3n) is 2.67. The fraction of sp³-hybridized carbons (Fsp3) is 0.0714. The second kappa shape index (κ2) is 4.68. The lowest BCUT2D eigenvalue weighted by Crippen LogP contribution is -2.06. The number of aromatic nitrogens is 1. The number of nitriles is 1. The Morgan fingerprint density at radius 2 is 2.00 bits per heavy atom. The second-order valence-electron chi connectivity index (χ2n) is 3.79. The number of carboxylic acids is 1. The van der Waals surface area contributed by atoms with Crippen LogP contribution >= 0.6 is 0 Å². The van der Waals surface area contributed by atoms with Crippen molar-refractivity contribution in [3.05, 3.63) is 53.3 Å². The Labute approximate surface area is 104 Å². The van der Waals surface area contributed by atoms with Gasteiger partial charge in [0.2, 0.25) is 0 Å². The lowest BCUT2D eigenvalue weighted by atomic mass is 9.95. The molecule has 0 aliphatic carbocycles. The third kappa shape index (κ3) is 1.94. The largest absolute Gasteiger partial charge is 0.478 e. The van der Waals surface area contributed by atoms with Crippen LogP contribution in [0, 0.1) is 18.3 Å². The monoisotopic (exact) mass is 238 g/mol. The first-order valence-electron chi connectivity index (χ1n) is 5.33. The molecule has 0 amide bonds. The predicted molar refractivity (Wildman–Crippen MR) is 66.1 cm³/mol. The molecule has 0 unspecified atom stereocenters. The molecule has 0 saturated carbocycles. The van der Waals surface area contributed by atoms with E-state index in [-0.39, 0.29) is 11.1 Å². The van der Waals surface area contributed by atoms with Crippen molar-refractivity contribution in [2.45, 2.75) is 6.92 Å². The van der Waals surface area contributed by atoms with Crippen molar-refractivity contribution in [2.75, 3.05) is 0 Å². The molecule has 0 aliphatic heterocycles. The minimum absolute atomic E-state index is 0.0836. The van der Waals surface area contributed by atoms with Crippen LogP contribution in [0.3, 0.4) is 0 Å². The van der Waals surface area contributed by atoms with Crippen molar-refractivity contribution in [1.82, 2.24) is 4.98 Å². The van der Waals surface area contributed by atoms with Gasteiger partial charge in [-0.05, 0) is 12.5 Å². The normalized spacial score (nSPS) is 9.78. The zero-order valence-corrected chi connectivity index (χ0v) is 9.71. The number of aryl methyl sites for hydroxylation is 1. The average molecular weight is 238 g/mol. The van der Waals surface area contributed by atoms with E-state index in [1.807, 2.05) is 12.1 Å². The lowest BCUT2D eigenvalue weighted by molar-refractivity contribution is 0.0696. The summed E-state index contributed by atoms with van der Waals surface area (Å²) in [5.74, 6) is -1.07. The average Bonchev–Trinajstić information content (AvgIpc) is 2.39. The molecule has 0 radical (unpaired) electrons. The molecule has 4 heteroatoms. The molecule has 0 atom stereocenters. The third-order valence-corrected chi connectivity index (χ3v) is 2.67. The van der Waals surface area contributed by atoms with Gasteiger partial charge in [-0.1, -0.05) is 30.3 Å². The van der Waals surface area contributed by atoms with E-state index in [4.69, 9.17) is 5.26 Å². The summed E-state index contributed by atoms with van der Waals surface area (Å²) in [7, 11) is 0. The summed E-state index contributed by atoms with van der Waals surface area (Å²) in [5.41, 5.74) is 1.89. The van der Waals surface area contributed by atoms with E-state index >= 15 is 0 Å². The van der Waals surface area contributed by atoms with Crippen LogP contribution in [-0.2, 0) is 0 Å². The maximum atomic E-state index is 11.3. The first-order valence-corrected chi connectivity index (χ1v) is 5.33. The van der Waals surface area contributed by atoms with Crippen LogP contribution in [0.1, 0.15) is 21.6 Å². The van der Waals surface area contributed by atoms with Crippen LogP contribution in [0.4, 0.5) is 0 Å². The van der Waals surface area contributed by atoms with Crippen LogP contribution in [-0.4, -0.2) is 16.1 Å². The molecule has 0 fully saturated rings. The number of carbonyl (C=O) groups is 1. The lowest BCUT2D eigenvalue weighted by Gasteiger charge is -2.10. The molecule has 2 aromatic rings. The number of hydrogen-bond donors (Lipinski definition) is 1. The first kappa shape index (κ1) is 11.8. The highest BCUT2D eigenvalue weighted by atomic mass is 16.4. The van der Waals surface area contributed by atoms with Gasteiger partial charge >= 0.3 is 5.97 Å². The van der Waals surface area contributed by atoms with Gasteiger partial charge in [-0.15, -0.1) is 0 Å². The molecule has 4 nitrogen and oxygen atoms in total. The SMILES string of the molecule is Cc1ncc(C#N)c(-c2ccccc2)c1C(=O)O. The summed E-state index contributed by atoms with van der Waals surface area (Å²) in [6, 6.07) is 11.0. The molecular formula is C14H10N2O2. The first-order chi connectivity index (χ1) is 8.65. The molecule has 2 rings (SSSR count). The summed E-state index contributed by atoms with van der Waals surface area (Å²) in [4.78, 5) is 15.3. The summed E-state index contributed by atoms with van der Waals surface area (Å²) >= 11 is 0. The number of hydrogen-bond acceptors (Lipinski definition) is 3. The highest BCUT2D eigenvalue weighted by molar-refractivity contribution is 5.98. The number of aromatic carboxylic acids is 1. The van der Waals surface area contributed by atoms with Crippen LogP contribution in [0.2, 0.25) is 0 Å². The number of rotatable bonds is 2. The number of pyridine rings is 1. The summed E-state index contributed by atoms with van der Waals surface area (Å²) in [5, 5.41) is 18.4. The highest BCUT2D eigenvalue weighted by Crippen LogP contribution is 2.28. The van der Waals surface area contributed by atoms with Gasteiger partial charge < -0.3 is 5.11 Å². The second-order valence-corrected chi connectivity index (χ2v) is 3.79. The van der Waals surface area contributed by atoms with Crippen LogP contribution in [0.5, 0.6) is 0 Å². The molecule has 0 aliphatic rings. The summed E-state index contributed by atoms with van der Waals surface area (Å²) in [6.45, 7) is 1.62. The minimum atomic E-state index is -1.07. The van der Waals surface area contributed by atoms with E-state index < -0.39 is 5.97 Å². The van der Waals surface area contributed by atoms with Crippen LogP contribution < -0.4 is 0 Å². The predicted octanol–water partition coefficient (Wildman–Crippen LogP) is 2.63. The smallest absolute Gasteiger partial charge is 0.338 e. The maximum Gasteiger partial charge on any atom is 0.338 e. The van der Waals surface area contributed by atoms with Crippen molar-refractivity contribution in [3.63, 3.8) is 0 Å². The van der Waals surface area contributed by atoms with Gasteiger partial charge in [0.1, 0.15) is 6.07 Å². The Balaban J connectivity index is 2.83. The number of nitrogens with zero attached hydrogens (tertiary/aromatic N) is 2.